The molecule has 74 valence electrons. The minimum atomic E-state index is 0.763. The van der Waals surface area contributed by atoms with E-state index < -0.39 is 0 Å². The molecule has 2 nitrogen and oxygen atoms in total. The van der Waals surface area contributed by atoms with Crippen molar-refractivity contribution in [2.24, 2.45) is 0 Å². The summed E-state index contributed by atoms with van der Waals surface area (Å²) < 4.78 is 6.49. The van der Waals surface area contributed by atoms with Crippen molar-refractivity contribution in [1.29, 1.82) is 0 Å². The van der Waals surface area contributed by atoms with Gasteiger partial charge in [0.1, 0.15) is 5.75 Å². The predicted molar refractivity (Wildman–Crippen MR) is 65.4 cm³/mol. The fourth-order valence-corrected chi connectivity index (χ4v) is 3.27. The van der Waals surface area contributed by atoms with Crippen LogP contribution in [0.5, 0.6) is 5.75 Å². The van der Waals surface area contributed by atoms with Gasteiger partial charge in [-0.3, -0.25) is 0 Å². The first kappa shape index (κ1) is 9.80. The molecule has 1 heterocycles. The summed E-state index contributed by atoms with van der Waals surface area (Å²) in [5.74, 6) is 0.893. The Bertz CT molecular complexity index is 466. The van der Waals surface area contributed by atoms with E-state index >= 15 is 0 Å². The number of ether oxygens (including phenoxy) is 1. The Morgan fingerprint density at radius 2 is 2.29 bits per heavy atom. The lowest BCUT2D eigenvalue weighted by atomic mass is 10.1. The Morgan fingerprint density at radius 3 is 2.93 bits per heavy atom. The van der Waals surface area contributed by atoms with Gasteiger partial charge in [-0.15, -0.1) is 11.3 Å². The first-order valence-electron chi connectivity index (χ1n) is 4.17. The van der Waals surface area contributed by atoms with Gasteiger partial charge in [0.25, 0.3) is 0 Å². The minimum Gasteiger partial charge on any atom is -0.496 e. The van der Waals surface area contributed by atoms with Crippen LogP contribution >= 0.6 is 27.3 Å². The van der Waals surface area contributed by atoms with Crippen LogP contribution in [-0.4, -0.2) is 7.11 Å². The fraction of sp³-hybridized carbons (Fsp3) is 0.200. The minimum absolute atomic E-state index is 0.763. The zero-order valence-corrected chi connectivity index (χ0v) is 10.1. The van der Waals surface area contributed by atoms with Crippen molar-refractivity contribution in [2.75, 3.05) is 12.8 Å². The van der Waals surface area contributed by atoms with E-state index in [0.717, 1.165) is 27.0 Å². The highest BCUT2D eigenvalue weighted by Crippen LogP contribution is 2.39. The quantitative estimate of drug-likeness (QED) is 0.850. The van der Waals surface area contributed by atoms with Crippen molar-refractivity contribution in [3.05, 3.63) is 23.8 Å². The Hall–Kier alpha value is -0.740. The molecule has 2 N–H and O–H groups in total. The van der Waals surface area contributed by atoms with E-state index in [1.807, 2.05) is 12.1 Å². The second-order valence-corrected chi connectivity index (χ2v) is 4.56. The van der Waals surface area contributed by atoms with Crippen molar-refractivity contribution >= 4 is 42.4 Å². The summed E-state index contributed by atoms with van der Waals surface area (Å²) in [6.07, 6.45) is 0. The molecule has 0 radical (unpaired) electrons. The molecule has 14 heavy (non-hydrogen) atoms. The molecule has 2 rings (SSSR count). The van der Waals surface area contributed by atoms with Crippen LogP contribution in [0, 0.1) is 0 Å². The number of methoxy groups -OCH3 is 1. The number of nitrogens with two attached hydrogens (primary N) is 1. The van der Waals surface area contributed by atoms with Gasteiger partial charge in [-0.25, -0.2) is 0 Å². The highest BCUT2D eigenvalue weighted by molar-refractivity contribution is 9.08. The number of anilines is 1. The van der Waals surface area contributed by atoms with Gasteiger partial charge in [-0.2, -0.15) is 0 Å². The van der Waals surface area contributed by atoms with Crippen LogP contribution in [0.4, 0.5) is 5.00 Å². The van der Waals surface area contributed by atoms with Crippen molar-refractivity contribution < 1.29 is 4.74 Å². The van der Waals surface area contributed by atoms with E-state index in [2.05, 4.69) is 22.0 Å². The number of benzene rings is 1. The van der Waals surface area contributed by atoms with E-state index in [1.54, 1.807) is 18.4 Å². The summed E-state index contributed by atoms with van der Waals surface area (Å²) in [6, 6.07) is 6.00. The van der Waals surface area contributed by atoms with Gasteiger partial charge in [0, 0.05) is 21.0 Å². The summed E-state index contributed by atoms with van der Waals surface area (Å²) in [5.41, 5.74) is 7.05. The molecule has 0 amide bonds. The number of halogens is 1. The molecule has 1 aromatic carbocycles. The molecule has 1 aromatic heterocycles. The zero-order valence-electron chi connectivity index (χ0n) is 7.71. The molecule has 0 saturated carbocycles. The second kappa shape index (κ2) is 3.79. The van der Waals surface area contributed by atoms with Gasteiger partial charge in [-0.05, 0) is 12.1 Å². The van der Waals surface area contributed by atoms with Gasteiger partial charge in [0.2, 0.25) is 0 Å². The molecule has 0 unspecified atom stereocenters. The summed E-state index contributed by atoms with van der Waals surface area (Å²) in [6.45, 7) is 0. The first-order chi connectivity index (χ1) is 6.77. The zero-order chi connectivity index (χ0) is 10.1. The van der Waals surface area contributed by atoms with Crippen LogP contribution in [0.1, 0.15) is 5.56 Å². The Labute approximate surface area is 94.8 Å². The maximum Gasteiger partial charge on any atom is 0.127 e. The highest BCUT2D eigenvalue weighted by atomic mass is 79.9. The maximum absolute atomic E-state index is 5.92. The molecular formula is C10H10BrNOS. The molecule has 2 aromatic rings. The third-order valence-corrected chi connectivity index (χ3v) is 3.75. The first-order valence-corrected chi connectivity index (χ1v) is 6.11. The number of rotatable bonds is 2. The molecule has 0 fully saturated rings. The number of alkyl halides is 1. The lowest BCUT2D eigenvalue weighted by Gasteiger charge is -2.02. The smallest absolute Gasteiger partial charge is 0.127 e. The van der Waals surface area contributed by atoms with E-state index in [0.29, 0.717) is 0 Å². The van der Waals surface area contributed by atoms with Crippen LogP contribution in [0.3, 0.4) is 0 Å². The molecule has 4 heteroatoms. The number of hydrogen-bond acceptors (Lipinski definition) is 3. The summed E-state index contributed by atoms with van der Waals surface area (Å²) in [5, 5.41) is 2.76. The molecule has 0 aliphatic carbocycles. The molecule has 0 saturated heterocycles. The van der Waals surface area contributed by atoms with E-state index in [1.165, 1.54) is 4.70 Å². The van der Waals surface area contributed by atoms with Crippen LogP contribution in [-0.2, 0) is 5.33 Å². The lowest BCUT2D eigenvalue weighted by molar-refractivity contribution is 0.420. The second-order valence-electron chi connectivity index (χ2n) is 2.91. The SMILES string of the molecule is COc1cccc2sc(N)c(CBr)c12. The van der Waals surface area contributed by atoms with E-state index in [4.69, 9.17) is 10.5 Å². The number of fused-ring (bicyclic) bond motifs is 1. The Balaban J connectivity index is 2.82. The van der Waals surface area contributed by atoms with Crippen molar-refractivity contribution in [3.63, 3.8) is 0 Å². The lowest BCUT2D eigenvalue weighted by Crippen LogP contribution is -1.87. The number of thiophene rings is 1. The predicted octanol–water partition coefficient (Wildman–Crippen LogP) is 3.39. The van der Waals surface area contributed by atoms with E-state index in [-0.39, 0.29) is 0 Å². The van der Waals surface area contributed by atoms with Crippen molar-refractivity contribution in [2.45, 2.75) is 5.33 Å². The largest absolute Gasteiger partial charge is 0.496 e. The van der Waals surface area contributed by atoms with Crippen molar-refractivity contribution in [3.8, 4) is 5.75 Å². The molecular weight excluding hydrogens is 262 g/mol. The maximum atomic E-state index is 5.92. The average Bonchev–Trinajstić information content (AvgIpc) is 2.52. The average molecular weight is 272 g/mol. The standard InChI is InChI=1S/C10H10BrNOS/c1-13-7-3-2-4-8-9(7)6(5-11)10(12)14-8/h2-4H,5,12H2,1H3. The van der Waals surface area contributed by atoms with Crippen molar-refractivity contribution in [1.82, 2.24) is 0 Å². The van der Waals surface area contributed by atoms with E-state index in [9.17, 15) is 0 Å². The Morgan fingerprint density at radius 1 is 1.50 bits per heavy atom. The van der Waals surface area contributed by atoms with Crippen LogP contribution in [0.15, 0.2) is 18.2 Å². The fourth-order valence-electron chi connectivity index (χ4n) is 1.50. The number of hydrogen-bond donors (Lipinski definition) is 1. The third kappa shape index (κ3) is 1.38. The Kier molecular flexibility index (Phi) is 2.65. The molecule has 0 spiro atoms. The normalized spacial score (nSPS) is 10.7. The number of nitrogen functional groups attached to an aromatic ring is 1. The molecule has 0 aliphatic rings. The van der Waals surface area contributed by atoms with Crippen LogP contribution in [0.25, 0.3) is 10.1 Å². The molecule has 0 aliphatic heterocycles. The van der Waals surface area contributed by atoms with Gasteiger partial charge < -0.3 is 10.5 Å². The molecule has 0 atom stereocenters. The summed E-state index contributed by atoms with van der Waals surface area (Å²) >= 11 is 5.04. The van der Waals surface area contributed by atoms with Gasteiger partial charge in [0.15, 0.2) is 0 Å². The summed E-state index contributed by atoms with van der Waals surface area (Å²) in [7, 11) is 1.68. The highest BCUT2D eigenvalue weighted by Gasteiger charge is 2.12. The van der Waals surface area contributed by atoms with Gasteiger partial charge in [0.05, 0.1) is 12.1 Å². The summed E-state index contributed by atoms with van der Waals surface area (Å²) in [4.78, 5) is 0. The van der Waals surface area contributed by atoms with Gasteiger partial charge in [-0.1, -0.05) is 22.0 Å². The topological polar surface area (TPSA) is 35.2 Å². The molecule has 0 bridgehead atoms. The van der Waals surface area contributed by atoms with Crippen LogP contribution < -0.4 is 10.5 Å². The monoisotopic (exact) mass is 271 g/mol. The van der Waals surface area contributed by atoms with Gasteiger partial charge >= 0.3 is 0 Å². The van der Waals surface area contributed by atoms with Crippen LogP contribution in [0.2, 0.25) is 0 Å². The third-order valence-electron chi connectivity index (χ3n) is 2.16.